The minimum absolute atomic E-state index is 0.0302. The average molecular weight is 336 g/mol. The van der Waals surface area contributed by atoms with Gasteiger partial charge >= 0.3 is 0 Å². The molecule has 2 aliphatic rings. The van der Waals surface area contributed by atoms with E-state index in [0.717, 1.165) is 36.9 Å². The van der Waals surface area contributed by atoms with Crippen LogP contribution in [-0.4, -0.2) is 20.4 Å². The van der Waals surface area contributed by atoms with Crippen LogP contribution in [0.1, 0.15) is 57.4 Å². The lowest BCUT2D eigenvalue weighted by atomic mass is 9.90. The van der Waals surface area contributed by atoms with Crippen molar-refractivity contribution in [2.75, 3.05) is 5.32 Å². The first-order chi connectivity index (χ1) is 10.9. The van der Waals surface area contributed by atoms with Gasteiger partial charge in [-0.1, -0.05) is 33.1 Å². The second kappa shape index (κ2) is 6.24. The maximum absolute atomic E-state index is 12.6. The summed E-state index contributed by atoms with van der Waals surface area (Å²) in [5, 5.41) is 2.83. The van der Waals surface area contributed by atoms with Gasteiger partial charge in [0.25, 0.3) is 0 Å². The topological polar surface area (TPSA) is 75.3 Å². The average Bonchev–Trinajstić information content (AvgIpc) is 2.82. The number of carbonyl (C=O) groups is 1. The molecule has 126 valence electrons. The molecule has 0 aromatic heterocycles. The van der Waals surface area contributed by atoms with E-state index < -0.39 is 10.0 Å². The molecule has 1 atom stereocenters. The summed E-state index contributed by atoms with van der Waals surface area (Å²) in [6, 6.07) is 4.96. The molecule has 1 aliphatic heterocycles. The zero-order valence-electron chi connectivity index (χ0n) is 13.6. The molecule has 0 radical (unpaired) electrons. The third-order valence-electron chi connectivity index (χ3n) is 4.80. The second-order valence-corrected chi connectivity index (χ2v) is 8.63. The van der Waals surface area contributed by atoms with E-state index in [9.17, 15) is 13.2 Å². The van der Waals surface area contributed by atoms with Crippen molar-refractivity contribution in [2.24, 2.45) is 5.92 Å². The van der Waals surface area contributed by atoms with Crippen LogP contribution in [0.3, 0.4) is 0 Å². The summed E-state index contributed by atoms with van der Waals surface area (Å²) in [7, 11) is -3.54. The molecule has 0 bridgehead atoms. The number of benzene rings is 1. The number of carbonyl (C=O) groups excluding carboxylic acids is 1. The molecule has 1 amide bonds. The lowest BCUT2D eigenvalue weighted by Gasteiger charge is -2.23. The molecule has 23 heavy (non-hydrogen) atoms. The van der Waals surface area contributed by atoms with Crippen molar-refractivity contribution in [2.45, 2.75) is 62.8 Å². The summed E-state index contributed by atoms with van der Waals surface area (Å²) in [5.41, 5.74) is 1.52. The van der Waals surface area contributed by atoms with Gasteiger partial charge in [0.1, 0.15) is 0 Å². The van der Waals surface area contributed by atoms with Crippen LogP contribution >= 0.6 is 0 Å². The van der Waals surface area contributed by atoms with Gasteiger partial charge in [-0.2, -0.15) is 0 Å². The van der Waals surface area contributed by atoms with Crippen molar-refractivity contribution < 1.29 is 13.2 Å². The normalized spacial score (nSPS) is 22.2. The summed E-state index contributed by atoms with van der Waals surface area (Å²) in [6.07, 6.45) is 5.13. The van der Waals surface area contributed by atoms with Gasteiger partial charge in [-0.05, 0) is 42.5 Å². The molecule has 3 rings (SSSR count). The fourth-order valence-electron chi connectivity index (χ4n) is 3.60. The maximum Gasteiger partial charge on any atom is 0.240 e. The van der Waals surface area contributed by atoms with Gasteiger partial charge in [-0.25, -0.2) is 13.1 Å². The lowest BCUT2D eigenvalue weighted by molar-refractivity contribution is -0.117. The zero-order chi connectivity index (χ0) is 16.6. The van der Waals surface area contributed by atoms with Crippen LogP contribution in [0.5, 0.6) is 0 Å². The van der Waals surface area contributed by atoms with E-state index in [1.165, 1.54) is 6.42 Å². The number of hydrogen-bond donors (Lipinski definition) is 2. The third-order valence-corrected chi connectivity index (χ3v) is 6.32. The van der Waals surface area contributed by atoms with Crippen LogP contribution in [0.2, 0.25) is 0 Å². The summed E-state index contributed by atoms with van der Waals surface area (Å²) < 4.78 is 28.1. The number of sulfonamides is 1. The van der Waals surface area contributed by atoms with Crippen LogP contribution in [0.15, 0.2) is 23.1 Å². The second-order valence-electron chi connectivity index (χ2n) is 6.92. The van der Waals surface area contributed by atoms with Gasteiger partial charge in [0, 0.05) is 11.7 Å². The van der Waals surface area contributed by atoms with Crippen molar-refractivity contribution in [3.63, 3.8) is 0 Å². The predicted molar refractivity (Wildman–Crippen MR) is 89.8 cm³/mol. The minimum atomic E-state index is -3.54. The van der Waals surface area contributed by atoms with Crippen molar-refractivity contribution in [1.82, 2.24) is 4.72 Å². The van der Waals surface area contributed by atoms with Crippen molar-refractivity contribution in [3.8, 4) is 0 Å². The van der Waals surface area contributed by atoms with E-state index in [2.05, 4.69) is 10.0 Å². The molecule has 1 aliphatic carbocycles. The Morgan fingerprint density at radius 2 is 1.87 bits per heavy atom. The molecule has 0 saturated heterocycles. The van der Waals surface area contributed by atoms with Crippen LogP contribution < -0.4 is 10.0 Å². The van der Waals surface area contributed by atoms with E-state index in [0.29, 0.717) is 0 Å². The van der Waals surface area contributed by atoms with E-state index in [1.807, 2.05) is 13.8 Å². The smallest absolute Gasteiger partial charge is 0.240 e. The van der Waals surface area contributed by atoms with Gasteiger partial charge in [-0.3, -0.25) is 4.79 Å². The molecule has 6 heteroatoms. The maximum atomic E-state index is 12.6. The monoisotopic (exact) mass is 336 g/mol. The molecular weight excluding hydrogens is 312 g/mol. The van der Waals surface area contributed by atoms with Crippen molar-refractivity contribution >= 4 is 21.6 Å². The minimum Gasteiger partial charge on any atom is -0.325 e. The highest BCUT2D eigenvalue weighted by Gasteiger charge is 2.34. The number of amides is 1. The number of anilines is 1. The molecule has 0 spiro atoms. The highest BCUT2D eigenvalue weighted by Crippen LogP contribution is 2.38. The van der Waals surface area contributed by atoms with E-state index >= 15 is 0 Å². The first-order valence-electron chi connectivity index (χ1n) is 8.35. The van der Waals surface area contributed by atoms with E-state index in [-0.39, 0.29) is 28.7 Å². The van der Waals surface area contributed by atoms with Gasteiger partial charge in [0.2, 0.25) is 15.9 Å². The van der Waals surface area contributed by atoms with Gasteiger partial charge < -0.3 is 5.32 Å². The lowest BCUT2D eigenvalue weighted by Crippen LogP contribution is -2.36. The largest absolute Gasteiger partial charge is 0.325 e. The van der Waals surface area contributed by atoms with Crippen LogP contribution in [0, 0.1) is 5.92 Å². The third kappa shape index (κ3) is 3.28. The highest BCUT2D eigenvalue weighted by molar-refractivity contribution is 7.89. The van der Waals surface area contributed by atoms with Crippen LogP contribution in [0.4, 0.5) is 5.69 Å². The standard InChI is InChI=1S/C17H24N2O3S/c1-11(2)16-14-10-13(8-9-15(14)18-17(16)20)23(21,22)19-12-6-4-3-5-7-12/h8-12,16,19H,3-7H2,1-2H3,(H,18,20). The first-order valence-corrected chi connectivity index (χ1v) is 9.84. The molecule has 1 aromatic carbocycles. The molecule has 1 aromatic rings. The summed E-state index contributed by atoms with van der Waals surface area (Å²) in [6.45, 7) is 3.95. The summed E-state index contributed by atoms with van der Waals surface area (Å²) >= 11 is 0. The van der Waals surface area contributed by atoms with E-state index in [4.69, 9.17) is 0 Å². The Morgan fingerprint density at radius 1 is 1.17 bits per heavy atom. The Labute approximate surface area is 137 Å². The summed E-state index contributed by atoms with van der Waals surface area (Å²) in [4.78, 5) is 12.3. The predicted octanol–water partition coefficient (Wildman–Crippen LogP) is 2.99. The van der Waals surface area contributed by atoms with Gasteiger partial charge in [0.05, 0.1) is 10.8 Å². The zero-order valence-corrected chi connectivity index (χ0v) is 14.4. The highest BCUT2D eigenvalue weighted by atomic mass is 32.2. The first kappa shape index (κ1) is 16.5. The number of hydrogen-bond acceptors (Lipinski definition) is 3. The van der Waals surface area contributed by atoms with Crippen molar-refractivity contribution in [1.29, 1.82) is 0 Å². The molecule has 1 fully saturated rings. The SMILES string of the molecule is CC(C)C1C(=O)Nc2ccc(S(=O)(=O)NC3CCCCC3)cc21. The fourth-order valence-corrected chi connectivity index (χ4v) is 4.94. The molecule has 1 unspecified atom stereocenters. The quantitative estimate of drug-likeness (QED) is 0.887. The van der Waals surface area contributed by atoms with Crippen LogP contribution in [0.25, 0.3) is 0 Å². The summed E-state index contributed by atoms with van der Waals surface area (Å²) in [5.74, 6) is -0.208. The Hall–Kier alpha value is -1.40. The molecule has 2 N–H and O–H groups in total. The Bertz CT molecular complexity index is 707. The van der Waals surface area contributed by atoms with E-state index in [1.54, 1.807) is 18.2 Å². The van der Waals surface area contributed by atoms with Crippen LogP contribution in [-0.2, 0) is 14.8 Å². The van der Waals surface area contributed by atoms with Gasteiger partial charge in [-0.15, -0.1) is 0 Å². The molecule has 1 heterocycles. The molecule has 1 saturated carbocycles. The number of fused-ring (bicyclic) bond motifs is 1. The number of rotatable bonds is 4. The Balaban J connectivity index is 1.88. The molecular formula is C17H24N2O3S. The molecule has 5 nitrogen and oxygen atoms in total. The van der Waals surface area contributed by atoms with Gasteiger partial charge in [0.15, 0.2) is 0 Å². The Morgan fingerprint density at radius 3 is 2.52 bits per heavy atom. The number of nitrogens with one attached hydrogen (secondary N) is 2. The fraction of sp³-hybridized carbons (Fsp3) is 0.588. The Kier molecular flexibility index (Phi) is 4.47. The van der Waals surface area contributed by atoms with Crippen molar-refractivity contribution in [3.05, 3.63) is 23.8 Å².